The number of benzene rings is 4. The Morgan fingerprint density at radius 1 is 0.887 bits per heavy atom. The summed E-state index contributed by atoms with van der Waals surface area (Å²) in [6.07, 6.45) is 3.95. The van der Waals surface area contributed by atoms with Crippen molar-refractivity contribution in [2.24, 2.45) is 0 Å². The molecule has 3 heterocycles. The maximum absolute atomic E-state index is 14.2. The van der Waals surface area contributed by atoms with E-state index in [1.54, 1.807) is 12.1 Å². The zero-order chi connectivity index (χ0) is 44.1. The molecule has 1 saturated heterocycles. The minimum absolute atomic E-state index is 0.00611. The molecule has 0 saturated carbocycles. The molecule has 62 heavy (non-hydrogen) atoms. The summed E-state index contributed by atoms with van der Waals surface area (Å²) < 4.78 is 112. The number of nitrogens with zero attached hydrogens (tertiary/aromatic N) is 5. The molecule has 4 aromatic carbocycles. The van der Waals surface area contributed by atoms with Crippen molar-refractivity contribution >= 4 is 43.1 Å². The molecule has 11 nitrogen and oxygen atoms in total. The van der Waals surface area contributed by atoms with Gasteiger partial charge in [-0.05, 0) is 119 Å². The van der Waals surface area contributed by atoms with Crippen LogP contribution in [0.2, 0.25) is 0 Å². The fourth-order valence-electron chi connectivity index (χ4n) is 7.89. The highest BCUT2D eigenvalue weighted by atomic mass is 32.2. The fourth-order valence-corrected chi connectivity index (χ4v) is 11.0. The van der Waals surface area contributed by atoms with Gasteiger partial charge in [0.15, 0.2) is 0 Å². The van der Waals surface area contributed by atoms with Crippen LogP contribution in [0.25, 0.3) is 11.1 Å². The van der Waals surface area contributed by atoms with Gasteiger partial charge in [0.25, 0.3) is 19.9 Å². The molecule has 2 N–H and O–H groups in total. The Labute approximate surface area is 364 Å². The number of piperidine rings is 1. The van der Waals surface area contributed by atoms with Gasteiger partial charge in [0, 0.05) is 47.9 Å². The van der Waals surface area contributed by atoms with Crippen molar-refractivity contribution in [1.29, 1.82) is 0 Å². The first-order valence-electron chi connectivity index (χ1n) is 20.3. The summed E-state index contributed by atoms with van der Waals surface area (Å²) in [7, 11) is -6.91. The Balaban J connectivity index is 1.04. The first-order chi connectivity index (χ1) is 29.6. The van der Waals surface area contributed by atoms with Crippen LogP contribution in [-0.4, -0.2) is 105 Å². The van der Waals surface area contributed by atoms with E-state index in [-0.39, 0.29) is 23.4 Å². The van der Waals surface area contributed by atoms with E-state index in [1.165, 1.54) is 35.8 Å². The minimum atomic E-state index is -5.99. The van der Waals surface area contributed by atoms with E-state index < -0.39 is 41.2 Å². The van der Waals surface area contributed by atoms with E-state index in [4.69, 9.17) is 0 Å². The van der Waals surface area contributed by atoms with E-state index in [0.717, 1.165) is 60.6 Å². The zero-order valence-electron chi connectivity index (χ0n) is 34.4. The van der Waals surface area contributed by atoms with E-state index in [9.17, 15) is 34.4 Å². The Morgan fingerprint density at radius 2 is 1.60 bits per heavy atom. The van der Waals surface area contributed by atoms with Crippen molar-refractivity contribution in [3.8, 4) is 11.1 Å². The third-order valence-corrected chi connectivity index (χ3v) is 15.3. The van der Waals surface area contributed by atoms with Crippen LogP contribution in [0.4, 0.5) is 29.1 Å². The lowest BCUT2D eigenvalue weighted by Crippen LogP contribution is -2.46. The second kappa shape index (κ2) is 19.4. The highest BCUT2D eigenvalue weighted by molar-refractivity contribution is 7.99. The molecule has 18 heteroatoms. The molecule has 1 aromatic heterocycles. The van der Waals surface area contributed by atoms with Gasteiger partial charge in [0.05, 0.1) is 16.3 Å². The average molecular weight is 912 g/mol. The van der Waals surface area contributed by atoms with Gasteiger partial charge in [-0.2, -0.15) is 13.2 Å². The molecule has 2 aliphatic rings. The standard InChI is InChI=1S/C44H49F4N7O4S3/c1-53(2)22-18-34(29-60-36-9-4-3-5-10-36)51-40-17-16-37(26-42(40)61(56,57)44(46,47)48)62(58,59)52-43-39-21-25-55(28-41(39)49-30-50-43)35-19-23-54(24-20-35)27-32-8-6-7-11-38(32)31-12-14-33(45)15-13-31/h3-17,26,30,34-35,51H,18-25,27-29H2,1-2H3,(H,49,50,52). The molecular weight excluding hydrogens is 863 g/mol. The van der Waals surface area contributed by atoms with Crippen LogP contribution in [0, 0.1) is 5.82 Å². The predicted molar refractivity (Wildman–Crippen MR) is 235 cm³/mol. The number of anilines is 2. The van der Waals surface area contributed by atoms with Gasteiger partial charge < -0.3 is 10.2 Å². The van der Waals surface area contributed by atoms with Gasteiger partial charge in [-0.25, -0.2) is 31.2 Å². The van der Waals surface area contributed by atoms with Crippen LogP contribution in [0.1, 0.15) is 36.1 Å². The first kappa shape index (κ1) is 45.4. The second-order valence-electron chi connectivity index (χ2n) is 15.8. The third kappa shape index (κ3) is 10.9. The summed E-state index contributed by atoms with van der Waals surface area (Å²) in [6.45, 7) is 4.11. The van der Waals surface area contributed by atoms with Gasteiger partial charge in [-0.15, -0.1) is 11.8 Å². The molecule has 0 aliphatic carbocycles. The predicted octanol–water partition coefficient (Wildman–Crippen LogP) is 7.92. The lowest BCUT2D eigenvalue weighted by molar-refractivity contribution is -0.0435. The quantitative estimate of drug-likeness (QED) is 0.0741. The lowest BCUT2D eigenvalue weighted by atomic mass is 9.96. The molecule has 2 aliphatic heterocycles. The van der Waals surface area contributed by atoms with Crippen molar-refractivity contribution in [2.75, 3.05) is 56.1 Å². The number of aromatic nitrogens is 2. The Morgan fingerprint density at radius 3 is 2.31 bits per heavy atom. The van der Waals surface area contributed by atoms with Crippen molar-refractivity contribution < 1.29 is 34.4 Å². The van der Waals surface area contributed by atoms with Gasteiger partial charge in [-0.1, -0.05) is 54.6 Å². The highest BCUT2D eigenvalue weighted by Gasteiger charge is 2.48. The monoisotopic (exact) mass is 911 g/mol. The molecule has 0 spiro atoms. The van der Waals surface area contributed by atoms with Gasteiger partial charge in [-0.3, -0.25) is 14.5 Å². The molecule has 0 radical (unpaired) electrons. The van der Waals surface area contributed by atoms with E-state index >= 15 is 0 Å². The van der Waals surface area contributed by atoms with Crippen molar-refractivity contribution in [1.82, 2.24) is 24.7 Å². The fraction of sp³-hybridized carbons (Fsp3) is 0.364. The number of rotatable bonds is 16. The molecule has 5 aromatic rings. The van der Waals surface area contributed by atoms with Crippen LogP contribution >= 0.6 is 11.8 Å². The number of sulfone groups is 1. The SMILES string of the molecule is CN(C)CCC(CSc1ccccc1)Nc1ccc(S(=O)(=O)Nc2ncnc3c2CCN(C2CCN(Cc4ccccc4-c4ccc(F)cc4)CC2)C3)cc1S(=O)(=O)C(F)(F)F. The number of fused-ring (bicyclic) bond motifs is 1. The summed E-state index contributed by atoms with van der Waals surface area (Å²) in [4.78, 5) is 14.4. The van der Waals surface area contributed by atoms with Crippen LogP contribution < -0.4 is 10.0 Å². The van der Waals surface area contributed by atoms with Gasteiger partial charge in [0.1, 0.15) is 22.9 Å². The Hall–Kier alpha value is -4.59. The van der Waals surface area contributed by atoms with Crippen LogP contribution in [0.5, 0.6) is 0 Å². The van der Waals surface area contributed by atoms with Crippen molar-refractivity contribution in [2.45, 2.75) is 71.1 Å². The molecule has 7 rings (SSSR count). The van der Waals surface area contributed by atoms with Crippen molar-refractivity contribution in [3.05, 3.63) is 126 Å². The number of sulfonamides is 1. The third-order valence-electron chi connectivity index (χ3n) is 11.2. The minimum Gasteiger partial charge on any atom is -0.380 e. The van der Waals surface area contributed by atoms with Crippen molar-refractivity contribution in [3.63, 3.8) is 0 Å². The maximum atomic E-state index is 14.2. The van der Waals surface area contributed by atoms with E-state index in [0.29, 0.717) is 55.6 Å². The number of thioether (sulfide) groups is 1. The molecule has 0 amide bonds. The highest BCUT2D eigenvalue weighted by Crippen LogP contribution is 2.38. The topological polar surface area (TPSA) is 128 Å². The van der Waals surface area contributed by atoms with Crippen LogP contribution in [-0.2, 0) is 39.4 Å². The molecule has 1 fully saturated rings. The maximum Gasteiger partial charge on any atom is 0.501 e. The van der Waals surface area contributed by atoms with Crippen LogP contribution in [0.15, 0.2) is 118 Å². The average Bonchev–Trinajstić information content (AvgIpc) is 3.25. The number of hydrogen-bond donors (Lipinski definition) is 2. The smallest absolute Gasteiger partial charge is 0.380 e. The summed E-state index contributed by atoms with van der Waals surface area (Å²) in [5.41, 5.74) is -1.63. The number of alkyl halides is 3. The zero-order valence-corrected chi connectivity index (χ0v) is 36.8. The Kier molecular flexibility index (Phi) is 14.2. The summed E-state index contributed by atoms with van der Waals surface area (Å²) in [6, 6.07) is 26.6. The number of halogens is 4. The molecule has 330 valence electrons. The molecule has 1 unspecified atom stereocenters. The second-order valence-corrected chi connectivity index (χ2v) is 20.5. The van der Waals surface area contributed by atoms with E-state index in [1.807, 2.05) is 61.5 Å². The normalized spacial score (nSPS) is 16.2. The lowest BCUT2D eigenvalue weighted by Gasteiger charge is -2.40. The molecule has 0 bridgehead atoms. The molecule has 1 atom stereocenters. The summed E-state index contributed by atoms with van der Waals surface area (Å²) in [5.74, 6) is 0.117. The summed E-state index contributed by atoms with van der Waals surface area (Å²) >= 11 is 1.46. The van der Waals surface area contributed by atoms with Gasteiger partial charge >= 0.3 is 5.51 Å². The molecular formula is C44H49F4N7O4S3. The Bertz CT molecular complexity index is 2540. The largest absolute Gasteiger partial charge is 0.501 e. The first-order valence-corrected chi connectivity index (χ1v) is 24.2. The summed E-state index contributed by atoms with van der Waals surface area (Å²) in [5, 5.41) is 2.99. The van der Waals surface area contributed by atoms with Crippen LogP contribution in [0.3, 0.4) is 0 Å². The number of hydrogen-bond acceptors (Lipinski definition) is 11. The van der Waals surface area contributed by atoms with E-state index in [2.05, 4.69) is 41.9 Å². The number of nitrogens with one attached hydrogen (secondary N) is 2. The number of likely N-dealkylation sites (tertiary alicyclic amines) is 1. The van der Waals surface area contributed by atoms with Gasteiger partial charge in [0.2, 0.25) is 0 Å².